The van der Waals surface area contributed by atoms with Crippen molar-refractivity contribution in [3.8, 4) is 0 Å². The van der Waals surface area contributed by atoms with Gasteiger partial charge in [-0.05, 0) is 164 Å². The zero-order valence-corrected chi connectivity index (χ0v) is 51.1. The number of carbonyl (C=O) groups is 5. The van der Waals surface area contributed by atoms with Crippen LogP contribution in [0.15, 0.2) is 34.1 Å². The van der Waals surface area contributed by atoms with Crippen molar-refractivity contribution in [1.29, 1.82) is 0 Å². The Hall–Kier alpha value is -4.93. The van der Waals surface area contributed by atoms with Gasteiger partial charge < -0.3 is 29.1 Å². The number of ketones is 1. The van der Waals surface area contributed by atoms with E-state index in [-0.39, 0.29) is 75.5 Å². The minimum absolute atomic E-state index is 0.0218. The van der Waals surface area contributed by atoms with Crippen LogP contribution in [0.4, 0.5) is 15.3 Å². The second kappa shape index (κ2) is 28.8. The number of thioether (sulfide) groups is 2. The third kappa shape index (κ3) is 20.0. The van der Waals surface area contributed by atoms with Crippen LogP contribution in [0.5, 0.6) is 0 Å². The summed E-state index contributed by atoms with van der Waals surface area (Å²) in [5.74, 6) is -0.0913. The molecule has 2 aromatic rings. The van der Waals surface area contributed by atoms with Crippen molar-refractivity contribution in [1.82, 2.24) is 19.6 Å². The molecule has 2 atom stereocenters. The number of Topliss-reactive ketones (excluding diaryl/α,β-unsaturated/α-hetero) is 1. The van der Waals surface area contributed by atoms with Gasteiger partial charge in [0.05, 0.1) is 26.6 Å². The van der Waals surface area contributed by atoms with Gasteiger partial charge in [0.15, 0.2) is 5.78 Å². The van der Waals surface area contributed by atoms with E-state index in [1.165, 1.54) is 49.9 Å². The highest BCUT2D eigenvalue weighted by molar-refractivity contribution is 8.01. The van der Waals surface area contributed by atoms with E-state index >= 15 is 0 Å². The first-order chi connectivity index (χ1) is 35.7. The number of nitro benzene ring substituents is 1. The van der Waals surface area contributed by atoms with Gasteiger partial charge in [-0.25, -0.2) is 9.59 Å². The van der Waals surface area contributed by atoms with E-state index in [1.54, 1.807) is 26.5 Å². The quantitative estimate of drug-likeness (QED) is 0.0667. The fourth-order valence-electron chi connectivity index (χ4n) is 9.98. The smallest absolute Gasteiger partial charge is 0.410 e. The molecule has 4 amide bonds. The monoisotopic (exact) mass is 1110 g/mol. The molecule has 3 aliphatic rings. The molecule has 5 rings (SSSR count). The molecule has 0 N–H and O–H groups in total. The lowest BCUT2D eigenvalue weighted by Gasteiger charge is -2.42. The Balaban J connectivity index is 0.000000393. The molecule has 77 heavy (non-hydrogen) atoms. The molecule has 2 aromatic carbocycles. The second-order valence-electron chi connectivity index (χ2n) is 24.4. The normalized spacial score (nSPS) is 17.5. The Labute approximate surface area is 468 Å². The van der Waals surface area contributed by atoms with Crippen LogP contribution in [0.2, 0.25) is 0 Å². The van der Waals surface area contributed by atoms with Crippen LogP contribution in [0.1, 0.15) is 212 Å². The third-order valence-electron chi connectivity index (χ3n) is 13.7. The molecule has 0 aromatic heterocycles. The fourth-order valence-corrected chi connectivity index (χ4v) is 12.5. The SMILES string of the molecule is CCCCCCCCC(C)(C)Sc1cc(C)c(C(=O)N(C(C)C)[C@@H]2CCCN(C(=O)OC(C)(C)C)C2)cc1[N+](=O)[O-].Cc1cc2c(cc1C(=O)N(C(C)C)[C@@H]1CCCN(C(=O)OC(C)(C)C)C1)CC(=O)C(C)(C)S2.O=C=O. The number of nitro groups is 1. The number of amides is 4. The third-order valence-corrected chi connectivity index (χ3v) is 16.4. The molecule has 3 aliphatic heterocycles. The number of piperidine rings is 2. The molecule has 0 aliphatic carbocycles. The number of carbonyl (C=O) groups excluding carboxylic acids is 7. The number of hydrogen-bond donors (Lipinski definition) is 0. The summed E-state index contributed by atoms with van der Waals surface area (Å²) in [4.78, 5) is 103. The van der Waals surface area contributed by atoms with E-state index in [9.17, 15) is 34.1 Å². The Morgan fingerprint density at radius 1 is 0.766 bits per heavy atom. The summed E-state index contributed by atoms with van der Waals surface area (Å²) in [6.45, 7) is 35.3. The Kier molecular flexibility index (Phi) is 24.8. The Morgan fingerprint density at radius 2 is 1.21 bits per heavy atom. The second-order valence-corrected chi connectivity index (χ2v) is 27.8. The van der Waals surface area contributed by atoms with E-state index in [1.807, 2.05) is 120 Å². The first kappa shape index (κ1) is 66.4. The molecule has 2 fully saturated rings. The molecule has 0 radical (unpaired) electrons. The van der Waals surface area contributed by atoms with E-state index in [4.69, 9.17) is 19.1 Å². The molecule has 0 saturated carbocycles. The molecular formula is C59H91N5O11S2. The number of likely N-dealkylation sites (tertiary alicyclic amines) is 2. The Bertz CT molecular complexity index is 2420. The summed E-state index contributed by atoms with van der Waals surface area (Å²) in [7, 11) is 0. The van der Waals surface area contributed by atoms with Crippen LogP contribution in [-0.2, 0) is 30.3 Å². The zero-order chi connectivity index (χ0) is 58.4. The fraction of sp³-hybridized carbons (Fsp3) is 0.695. The average molecular weight is 1110 g/mol. The van der Waals surface area contributed by atoms with Crippen molar-refractivity contribution in [2.45, 2.75) is 249 Å². The predicted octanol–water partition coefficient (Wildman–Crippen LogP) is 13.4. The standard InChI is InChI=1S/C32H53N3O5S.C26H38N2O4S.CO2/c1-10-11-12-13-14-15-18-32(8,9)41-28-20-24(4)26(21-27(28)35(38)39)29(36)34(23(2)3)25-17-16-19-33(22-25)30(37)40-31(5,6)7;1-16(2)28(19-10-9-11-27(15-19)24(31)32-25(4,5)6)23(30)20-13-18-14-22(29)26(7,8)33-21(18)12-17(20)3;2-1-3/h20-21,23,25H,10-19,22H2,1-9H3;12-13,16,19H,9-11,14-15H2,1-8H3;/t25-;19-;/m11./s1. The average Bonchev–Trinajstić information content (AvgIpc) is 3.29. The maximum atomic E-state index is 14.0. The van der Waals surface area contributed by atoms with Crippen LogP contribution >= 0.6 is 23.5 Å². The lowest BCUT2D eigenvalue weighted by atomic mass is 9.94. The molecule has 0 unspecified atom stereocenters. The van der Waals surface area contributed by atoms with Gasteiger partial charge in [0.2, 0.25) is 0 Å². The summed E-state index contributed by atoms with van der Waals surface area (Å²) in [5.41, 5.74) is 2.38. The van der Waals surface area contributed by atoms with Crippen molar-refractivity contribution >= 4 is 65.1 Å². The minimum Gasteiger partial charge on any atom is -0.444 e. The highest BCUT2D eigenvalue weighted by Gasteiger charge is 2.39. The van der Waals surface area contributed by atoms with Gasteiger partial charge >= 0.3 is 18.3 Å². The highest BCUT2D eigenvalue weighted by atomic mass is 32.2. The number of fused-ring (bicyclic) bond motifs is 1. The first-order valence-corrected chi connectivity index (χ1v) is 29.2. The van der Waals surface area contributed by atoms with Crippen LogP contribution in [0.3, 0.4) is 0 Å². The highest BCUT2D eigenvalue weighted by Crippen LogP contribution is 2.44. The number of unbranched alkanes of at least 4 members (excludes halogenated alkanes) is 5. The van der Waals surface area contributed by atoms with E-state index in [0.717, 1.165) is 60.1 Å². The maximum absolute atomic E-state index is 14.0. The minimum atomic E-state index is -0.601. The molecule has 0 bridgehead atoms. The first-order valence-electron chi connectivity index (χ1n) is 27.6. The lowest BCUT2D eigenvalue weighted by Crippen LogP contribution is -2.54. The van der Waals surface area contributed by atoms with Crippen LogP contribution in [-0.4, -0.2) is 132 Å². The van der Waals surface area contributed by atoms with Gasteiger partial charge in [-0.15, -0.1) is 23.5 Å². The number of aryl methyl sites for hydroxylation is 2. The van der Waals surface area contributed by atoms with Crippen LogP contribution in [0.25, 0.3) is 0 Å². The lowest BCUT2D eigenvalue weighted by molar-refractivity contribution is -0.387. The molecule has 0 spiro atoms. The van der Waals surface area contributed by atoms with Crippen molar-refractivity contribution in [2.24, 2.45) is 0 Å². The Morgan fingerprint density at radius 3 is 1.65 bits per heavy atom. The molecule has 3 heterocycles. The van der Waals surface area contributed by atoms with Gasteiger partial charge in [0, 0.05) is 71.5 Å². The molecule has 18 heteroatoms. The molecule has 2 saturated heterocycles. The van der Waals surface area contributed by atoms with Crippen molar-refractivity contribution in [2.75, 3.05) is 26.2 Å². The zero-order valence-electron chi connectivity index (χ0n) is 49.5. The summed E-state index contributed by atoms with van der Waals surface area (Å²) in [6, 6.07) is 6.79. The van der Waals surface area contributed by atoms with E-state index in [0.29, 0.717) is 48.6 Å². The van der Waals surface area contributed by atoms with Gasteiger partial charge in [0.1, 0.15) is 11.2 Å². The van der Waals surface area contributed by atoms with E-state index < -0.39 is 15.9 Å². The molecule has 430 valence electrons. The van der Waals surface area contributed by atoms with Crippen LogP contribution in [0, 0.1) is 24.0 Å². The van der Waals surface area contributed by atoms with Crippen LogP contribution < -0.4 is 0 Å². The predicted molar refractivity (Wildman–Crippen MR) is 305 cm³/mol. The summed E-state index contributed by atoms with van der Waals surface area (Å²) in [6.07, 6.45) is 11.3. The number of rotatable bonds is 16. The van der Waals surface area contributed by atoms with Crippen molar-refractivity contribution < 1.29 is 48.0 Å². The number of hydrogen-bond acceptors (Lipinski definition) is 13. The van der Waals surface area contributed by atoms with Crippen molar-refractivity contribution in [3.63, 3.8) is 0 Å². The maximum Gasteiger partial charge on any atom is 0.410 e. The van der Waals surface area contributed by atoms with Gasteiger partial charge in [0.25, 0.3) is 17.5 Å². The number of benzene rings is 2. The molecular weight excluding hydrogens is 1020 g/mol. The topological polar surface area (TPSA) is 194 Å². The summed E-state index contributed by atoms with van der Waals surface area (Å²) < 4.78 is 10.5. The molecule has 16 nitrogen and oxygen atoms in total. The largest absolute Gasteiger partial charge is 0.444 e. The van der Waals surface area contributed by atoms with Gasteiger partial charge in [-0.2, -0.15) is 9.59 Å². The van der Waals surface area contributed by atoms with Gasteiger partial charge in [-0.1, -0.05) is 59.3 Å². The van der Waals surface area contributed by atoms with Crippen molar-refractivity contribution in [3.05, 3.63) is 62.2 Å². The number of nitrogens with zero attached hydrogens (tertiary/aromatic N) is 5. The van der Waals surface area contributed by atoms with E-state index in [2.05, 4.69) is 20.8 Å². The number of ether oxygens (including phenoxy) is 2. The summed E-state index contributed by atoms with van der Waals surface area (Å²) in [5, 5.41) is 12.2. The summed E-state index contributed by atoms with van der Waals surface area (Å²) >= 11 is 3.10. The van der Waals surface area contributed by atoms with Gasteiger partial charge in [-0.3, -0.25) is 24.5 Å².